The van der Waals surface area contributed by atoms with E-state index >= 15 is 0 Å². The molecular weight excluding hydrogens is 372 g/mol. The number of sulfonamides is 1. The number of carbonyl (C=O) groups is 1. The molecule has 26 heavy (non-hydrogen) atoms. The molecule has 1 fully saturated rings. The number of nitrogens with zero attached hydrogens (tertiary/aromatic N) is 3. The maximum Gasteiger partial charge on any atom is 0.272 e. The van der Waals surface area contributed by atoms with Crippen LogP contribution >= 0.6 is 11.3 Å². The van der Waals surface area contributed by atoms with Crippen molar-refractivity contribution in [2.45, 2.75) is 36.9 Å². The molecule has 1 aromatic heterocycles. The molecule has 1 saturated heterocycles. The van der Waals surface area contributed by atoms with Crippen molar-refractivity contribution in [3.8, 4) is 0 Å². The Kier molecular flexibility index (Phi) is 6.00. The first-order valence-electron chi connectivity index (χ1n) is 8.66. The minimum Gasteiger partial charge on any atom is -0.301 e. The van der Waals surface area contributed by atoms with Gasteiger partial charge in [0.2, 0.25) is 15.4 Å². The Bertz CT molecular complexity index is 844. The molecule has 0 aliphatic carbocycles. The zero-order valence-electron chi connectivity index (χ0n) is 14.6. The van der Waals surface area contributed by atoms with Gasteiger partial charge >= 0.3 is 0 Å². The fraction of sp³-hybridized carbons (Fsp3) is 0.471. The minimum atomic E-state index is -3.65. The lowest BCUT2D eigenvalue weighted by atomic mass is 9.91. The van der Waals surface area contributed by atoms with E-state index in [1.54, 1.807) is 6.92 Å². The van der Waals surface area contributed by atoms with Gasteiger partial charge < -0.3 is 5.32 Å². The lowest BCUT2D eigenvalue weighted by Gasteiger charge is -2.30. The van der Waals surface area contributed by atoms with Gasteiger partial charge in [0.15, 0.2) is 0 Å². The molecule has 0 spiro atoms. The number of carbonyl (C=O) groups excluding carboxylic acids is 1. The summed E-state index contributed by atoms with van der Waals surface area (Å²) in [4.78, 5) is 11.4. The van der Waals surface area contributed by atoms with Crippen molar-refractivity contribution in [3.05, 3.63) is 35.9 Å². The average Bonchev–Trinajstić information content (AvgIpc) is 3.12. The molecule has 2 heterocycles. The number of hydrogen-bond acceptors (Lipinski definition) is 6. The smallest absolute Gasteiger partial charge is 0.272 e. The Labute approximate surface area is 157 Å². The molecule has 0 unspecified atom stereocenters. The Hall–Kier alpha value is -1.84. The fourth-order valence-electron chi connectivity index (χ4n) is 2.98. The zero-order chi connectivity index (χ0) is 18.6. The van der Waals surface area contributed by atoms with Crippen LogP contribution in [-0.2, 0) is 21.2 Å². The number of benzene rings is 1. The molecule has 9 heteroatoms. The molecule has 1 aromatic carbocycles. The summed E-state index contributed by atoms with van der Waals surface area (Å²) in [6.07, 6.45) is 2.93. The predicted molar refractivity (Wildman–Crippen MR) is 100 cm³/mol. The van der Waals surface area contributed by atoms with Crippen LogP contribution in [0.15, 0.2) is 34.7 Å². The quantitative estimate of drug-likeness (QED) is 0.760. The van der Waals surface area contributed by atoms with Crippen molar-refractivity contribution < 1.29 is 13.2 Å². The molecule has 1 aliphatic heterocycles. The number of nitrogens with one attached hydrogen (secondary N) is 1. The van der Waals surface area contributed by atoms with Crippen molar-refractivity contribution >= 4 is 32.4 Å². The second kappa shape index (κ2) is 8.24. The summed E-state index contributed by atoms with van der Waals surface area (Å²) in [7, 11) is -3.65. The van der Waals surface area contributed by atoms with Crippen LogP contribution in [-0.4, -0.2) is 41.9 Å². The van der Waals surface area contributed by atoms with Crippen LogP contribution in [0.1, 0.15) is 31.7 Å². The molecule has 1 amide bonds. The molecule has 0 bridgehead atoms. The summed E-state index contributed by atoms with van der Waals surface area (Å²) in [6.45, 7) is 2.68. The van der Waals surface area contributed by atoms with Crippen molar-refractivity contribution in [1.82, 2.24) is 14.5 Å². The van der Waals surface area contributed by atoms with Gasteiger partial charge in [-0.2, -0.15) is 4.31 Å². The van der Waals surface area contributed by atoms with E-state index in [1.165, 1.54) is 9.87 Å². The standard InChI is InChI=1S/C17H22N4O3S2/c1-2-15(22)18-16-19-20-17(25-16)26(23,24)21-10-8-14(9-11-21)12-13-6-4-3-5-7-13/h3-7,14H,2,8-12H2,1H3,(H,18,19,22). The van der Waals surface area contributed by atoms with Crippen LogP contribution in [0, 0.1) is 5.92 Å². The lowest BCUT2D eigenvalue weighted by molar-refractivity contribution is -0.115. The van der Waals surface area contributed by atoms with Gasteiger partial charge in [0, 0.05) is 19.5 Å². The van der Waals surface area contributed by atoms with Crippen LogP contribution in [0.5, 0.6) is 0 Å². The molecule has 140 valence electrons. The van der Waals surface area contributed by atoms with Crippen LogP contribution in [0.4, 0.5) is 5.13 Å². The third kappa shape index (κ3) is 4.46. The topological polar surface area (TPSA) is 92.3 Å². The monoisotopic (exact) mass is 394 g/mol. The first kappa shape index (κ1) is 18.9. The van der Waals surface area contributed by atoms with Gasteiger partial charge in [-0.25, -0.2) is 8.42 Å². The number of aromatic nitrogens is 2. The average molecular weight is 395 g/mol. The van der Waals surface area contributed by atoms with E-state index in [9.17, 15) is 13.2 Å². The Morgan fingerprint density at radius 1 is 1.23 bits per heavy atom. The van der Waals surface area contributed by atoms with E-state index in [1.807, 2.05) is 18.2 Å². The van der Waals surface area contributed by atoms with E-state index in [0.29, 0.717) is 25.4 Å². The highest BCUT2D eigenvalue weighted by Crippen LogP contribution is 2.28. The van der Waals surface area contributed by atoms with E-state index in [-0.39, 0.29) is 15.4 Å². The number of anilines is 1. The Morgan fingerprint density at radius 3 is 2.58 bits per heavy atom. The lowest BCUT2D eigenvalue weighted by Crippen LogP contribution is -2.38. The van der Waals surface area contributed by atoms with E-state index in [4.69, 9.17) is 0 Å². The van der Waals surface area contributed by atoms with Gasteiger partial charge in [-0.05, 0) is 30.7 Å². The second-order valence-corrected chi connectivity index (χ2v) is 9.40. The van der Waals surface area contributed by atoms with Crippen LogP contribution < -0.4 is 5.32 Å². The van der Waals surface area contributed by atoms with Crippen LogP contribution in [0.2, 0.25) is 0 Å². The van der Waals surface area contributed by atoms with Crippen molar-refractivity contribution in [3.63, 3.8) is 0 Å². The molecule has 7 nitrogen and oxygen atoms in total. The highest BCUT2D eigenvalue weighted by Gasteiger charge is 2.32. The van der Waals surface area contributed by atoms with Crippen molar-refractivity contribution in [2.24, 2.45) is 5.92 Å². The number of hydrogen-bond donors (Lipinski definition) is 1. The van der Waals surface area contributed by atoms with Gasteiger partial charge in [-0.15, -0.1) is 10.2 Å². The minimum absolute atomic E-state index is 0.0644. The molecule has 0 atom stereocenters. The predicted octanol–water partition coefficient (Wildman–Crippen LogP) is 2.53. The normalized spacial score (nSPS) is 16.5. The first-order valence-corrected chi connectivity index (χ1v) is 10.9. The maximum atomic E-state index is 12.7. The van der Waals surface area contributed by atoms with E-state index < -0.39 is 10.0 Å². The zero-order valence-corrected chi connectivity index (χ0v) is 16.2. The largest absolute Gasteiger partial charge is 0.301 e. The SMILES string of the molecule is CCC(=O)Nc1nnc(S(=O)(=O)N2CCC(Cc3ccccc3)CC2)s1. The van der Waals surface area contributed by atoms with Gasteiger partial charge in [0.25, 0.3) is 10.0 Å². The van der Waals surface area contributed by atoms with Crippen molar-refractivity contribution in [1.29, 1.82) is 0 Å². The third-order valence-corrected chi connectivity index (χ3v) is 7.56. The Balaban J connectivity index is 1.60. The summed E-state index contributed by atoms with van der Waals surface area (Å²) >= 11 is 0.897. The highest BCUT2D eigenvalue weighted by atomic mass is 32.2. The van der Waals surface area contributed by atoms with Gasteiger partial charge in [-0.3, -0.25) is 4.79 Å². The molecule has 2 aromatic rings. The van der Waals surface area contributed by atoms with E-state index in [0.717, 1.165) is 30.6 Å². The second-order valence-electron chi connectivity index (χ2n) is 6.31. The Morgan fingerprint density at radius 2 is 1.92 bits per heavy atom. The van der Waals surface area contributed by atoms with Gasteiger partial charge in [0.05, 0.1) is 0 Å². The third-order valence-electron chi connectivity index (χ3n) is 4.48. The van der Waals surface area contributed by atoms with Gasteiger partial charge in [0.1, 0.15) is 0 Å². The summed E-state index contributed by atoms with van der Waals surface area (Å²) in [6, 6.07) is 10.3. The first-order chi connectivity index (χ1) is 12.5. The van der Waals surface area contributed by atoms with Crippen LogP contribution in [0.25, 0.3) is 0 Å². The molecule has 0 saturated carbocycles. The number of rotatable bonds is 6. The highest BCUT2D eigenvalue weighted by molar-refractivity contribution is 7.91. The molecular formula is C17H22N4O3S2. The summed E-state index contributed by atoms with van der Waals surface area (Å²) in [5.74, 6) is 0.268. The van der Waals surface area contributed by atoms with Gasteiger partial charge in [-0.1, -0.05) is 48.6 Å². The summed E-state index contributed by atoms with van der Waals surface area (Å²) in [5, 5.41) is 10.3. The maximum absolute atomic E-state index is 12.7. The molecule has 1 N–H and O–H groups in total. The van der Waals surface area contributed by atoms with Crippen molar-refractivity contribution in [2.75, 3.05) is 18.4 Å². The summed E-state index contributed by atoms with van der Waals surface area (Å²) < 4.78 is 26.9. The number of amides is 1. The molecule has 0 radical (unpaired) electrons. The molecule has 1 aliphatic rings. The van der Waals surface area contributed by atoms with Crippen LogP contribution in [0.3, 0.4) is 0 Å². The van der Waals surface area contributed by atoms with E-state index in [2.05, 4.69) is 27.6 Å². The number of piperidine rings is 1. The fourth-order valence-corrected chi connectivity index (χ4v) is 5.51. The summed E-state index contributed by atoms with van der Waals surface area (Å²) in [5.41, 5.74) is 1.29. The molecule has 3 rings (SSSR count).